The van der Waals surface area contributed by atoms with Gasteiger partial charge in [-0.15, -0.1) is 5.10 Å². The first-order chi connectivity index (χ1) is 7.15. The molecule has 0 atom stereocenters. The van der Waals surface area contributed by atoms with Crippen LogP contribution in [0.15, 0.2) is 24.4 Å². The van der Waals surface area contributed by atoms with Crippen molar-refractivity contribution >= 4 is 29.0 Å². The third-order valence-electron chi connectivity index (χ3n) is 1.90. The summed E-state index contributed by atoms with van der Waals surface area (Å²) in [5, 5.41) is 8.79. The average Bonchev–Trinajstić information content (AvgIpc) is 2.58. The summed E-state index contributed by atoms with van der Waals surface area (Å²) in [7, 11) is 0. The van der Waals surface area contributed by atoms with Crippen LogP contribution < -0.4 is 5.73 Å². The van der Waals surface area contributed by atoms with E-state index in [-0.39, 0.29) is 0 Å². The maximum Gasteiger partial charge on any atom is 0.165 e. The van der Waals surface area contributed by atoms with Crippen molar-refractivity contribution in [1.29, 1.82) is 0 Å². The SMILES string of the molecule is Nc1cn(Cc2cc(Cl)ccc2Cl)nn1. The van der Waals surface area contributed by atoms with Crippen LogP contribution in [-0.4, -0.2) is 15.0 Å². The first-order valence-electron chi connectivity index (χ1n) is 4.24. The smallest absolute Gasteiger partial charge is 0.165 e. The Bertz CT molecular complexity index is 481. The highest BCUT2D eigenvalue weighted by Crippen LogP contribution is 2.21. The van der Waals surface area contributed by atoms with E-state index in [0.717, 1.165) is 5.56 Å². The van der Waals surface area contributed by atoms with Crippen molar-refractivity contribution in [3.63, 3.8) is 0 Å². The molecule has 2 aromatic rings. The quantitative estimate of drug-likeness (QED) is 0.879. The minimum Gasteiger partial charge on any atom is -0.381 e. The number of nitrogens with two attached hydrogens (primary N) is 1. The summed E-state index contributed by atoms with van der Waals surface area (Å²) in [4.78, 5) is 0. The highest BCUT2D eigenvalue weighted by molar-refractivity contribution is 6.33. The lowest BCUT2D eigenvalue weighted by atomic mass is 10.2. The predicted molar refractivity (Wildman–Crippen MR) is 60.0 cm³/mol. The summed E-state index contributed by atoms with van der Waals surface area (Å²) in [6, 6.07) is 5.28. The van der Waals surface area contributed by atoms with Gasteiger partial charge in [-0.05, 0) is 23.8 Å². The van der Waals surface area contributed by atoms with E-state index in [4.69, 9.17) is 28.9 Å². The van der Waals surface area contributed by atoms with Gasteiger partial charge in [-0.2, -0.15) is 0 Å². The minimum absolute atomic E-state index is 0.383. The molecule has 6 heteroatoms. The van der Waals surface area contributed by atoms with Gasteiger partial charge in [0.1, 0.15) is 0 Å². The van der Waals surface area contributed by atoms with Crippen molar-refractivity contribution in [2.24, 2.45) is 0 Å². The third-order valence-corrected chi connectivity index (χ3v) is 2.50. The molecule has 0 saturated carbocycles. The number of rotatable bonds is 2. The fourth-order valence-corrected chi connectivity index (χ4v) is 1.60. The van der Waals surface area contributed by atoms with Gasteiger partial charge in [0, 0.05) is 10.0 Å². The number of aromatic nitrogens is 3. The number of anilines is 1. The van der Waals surface area contributed by atoms with Gasteiger partial charge in [0.2, 0.25) is 0 Å². The Morgan fingerprint density at radius 3 is 2.80 bits per heavy atom. The van der Waals surface area contributed by atoms with Crippen LogP contribution in [0.25, 0.3) is 0 Å². The van der Waals surface area contributed by atoms with Gasteiger partial charge in [-0.25, -0.2) is 4.68 Å². The molecule has 0 fully saturated rings. The summed E-state index contributed by atoms with van der Waals surface area (Å²) >= 11 is 11.9. The first kappa shape index (κ1) is 10.3. The van der Waals surface area contributed by atoms with E-state index >= 15 is 0 Å². The molecule has 0 amide bonds. The molecule has 1 heterocycles. The Hall–Kier alpha value is -1.26. The van der Waals surface area contributed by atoms with Crippen LogP contribution in [0.4, 0.5) is 5.82 Å². The molecule has 1 aromatic carbocycles. The molecule has 2 rings (SSSR count). The van der Waals surface area contributed by atoms with Crippen LogP contribution in [0.5, 0.6) is 0 Å². The Kier molecular flexibility index (Phi) is 2.79. The van der Waals surface area contributed by atoms with E-state index in [2.05, 4.69) is 10.3 Å². The zero-order valence-electron chi connectivity index (χ0n) is 7.69. The second-order valence-corrected chi connectivity index (χ2v) is 3.92. The van der Waals surface area contributed by atoms with E-state index < -0.39 is 0 Å². The summed E-state index contributed by atoms with van der Waals surface area (Å²) in [5.41, 5.74) is 6.33. The van der Waals surface area contributed by atoms with Gasteiger partial charge in [0.05, 0.1) is 12.7 Å². The molecule has 0 aliphatic rings. The molecule has 78 valence electrons. The van der Waals surface area contributed by atoms with E-state index in [1.54, 1.807) is 29.1 Å². The van der Waals surface area contributed by atoms with Gasteiger partial charge in [0.15, 0.2) is 5.82 Å². The lowest BCUT2D eigenvalue weighted by Gasteiger charge is -2.03. The van der Waals surface area contributed by atoms with Crippen molar-refractivity contribution in [3.8, 4) is 0 Å². The van der Waals surface area contributed by atoms with Crippen LogP contribution in [0.1, 0.15) is 5.56 Å². The summed E-state index contributed by atoms with van der Waals surface area (Å²) in [5.74, 6) is 0.383. The second kappa shape index (κ2) is 4.08. The van der Waals surface area contributed by atoms with Gasteiger partial charge in [-0.1, -0.05) is 28.4 Å². The molecule has 0 spiro atoms. The molecular formula is C9H8Cl2N4. The standard InChI is InChI=1S/C9H8Cl2N4/c10-7-1-2-8(11)6(3-7)4-15-5-9(12)13-14-15/h1-3,5H,4,12H2. The number of hydrogen-bond donors (Lipinski definition) is 1. The summed E-state index contributed by atoms with van der Waals surface area (Å²) < 4.78 is 1.60. The number of nitrogens with zero attached hydrogens (tertiary/aromatic N) is 3. The molecule has 2 N–H and O–H groups in total. The monoisotopic (exact) mass is 242 g/mol. The maximum absolute atomic E-state index is 6.00. The molecule has 0 radical (unpaired) electrons. The lowest BCUT2D eigenvalue weighted by Crippen LogP contribution is -2.01. The van der Waals surface area contributed by atoms with E-state index in [0.29, 0.717) is 22.4 Å². The predicted octanol–water partition coefficient (Wildman–Crippen LogP) is 2.22. The van der Waals surface area contributed by atoms with E-state index in [1.165, 1.54) is 0 Å². The zero-order chi connectivity index (χ0) is 10.8. The molecule has 15 heavy (non-hydrogen) atoms. The lowest BCUT2D eigenvalue weighted by molar-refractivity contribution is 0.650. The topological polar surface area (TPSA) is 56.7 Å². The first-order valence-corrected chi connectivity index (χ1v) is 5.00. The highest BCUT2D eigenvalue weighted by atomic mass is 35.5. The fourth-order valence-electron chi connectivity index (χ4n) is 1.23. The number of hydrogen-bond acceptors (Lipinski definition) is 3. The van der Waals surface area contributed by atoms with E-state index in [1.807, 2.05) is 0 Å². The van der Waals surface area contributed by atoms with Crippen molar-refractivity contribution in [2.45, 2.75) is 6.54 Å². The van der Waals surface area contributed by atoms with Crippen LogP contribution in [0, 0.1) is 0 Å². The zero-order valence-corrected chi connectivity index (χ0v) is 9.20. The van der Waals surface area contributed by atoms with Crippen molar-refractivity contribution in [2.75, 3.05) is 5.73 Å². The van der Waals surface area contributed by atoms with Gasteiger partial charge in [-0.3, -0.25) is 0 Å². The molecule has 0 bridgehead atoms. The highest BCUT2D eigenvalue weighted by Gasteiger charge is 2.03. The van der Waals surface area contributed by atoms with Crippen molar-refractivity contribution in [1.82, 2.24) is 15.0 Å². The molecular weight excluding hydrogens is 235 g/mol. The number of nitrogen functional groups attached to an aromatic ring is 1. The molecule has 4 nitrogen and oxygen atoms in total. The Morgan fingerprint density at radius 2 is 2.13 bits per heavy atom. The van der Waals surface area contributed by atoms with Crippen LogP contribution >= 0.6 is 23.2 Å². The van der Waals surface area contributed by atoms with Gasteiger partial charge in [0.25, 0.3) is 0 Å². The number of benzene rings is 1. The second-order valence-electron chi connectivity index (χ2n) is 3.08. The van der Waals surface area contributed by atoms with Crippen LogP contribution in [0.2, 0.25) is 10.0 Å². The average molecular weight is 243 g/mol. The van der Waals surface area contributed by atoms with Crippen molar-refractivity contribution < 1.29 is 0 Å². The summed E-state index contributed by atoms with van der Waals surface area (Å²) in [6.45, 7) is 0.504. The van der Waals surface area contributed by atoms with Crippen LogP contribution in [-0.2, 0) is 6.54 Å². The minimum atomic E-state index is 0.383. The molecule has 1 aromatic heterocycles. The Balaban J connectivity index is 2.27. The van der Waals surface area contributed by atoms with Gasteiger partial charge >= 0.3 is 0 Å². The third kappa shape index (κ3) is 2.40. The molecule has 0 saturated heterocycles. The van der Waals surface area contributed by atoms with Gasteiger partial charge < -0.3 is 5.73 Å². The largest absolute Gasteiger partial charge is 0.381 e. The molecule has 0 unspecified atom stereocenters. The molecule has 0 aliphatic heterocycles. The summed E-state index contributed by atoms with van der Waals surface area (Å²) in [6.07, 6.45) is 1.64. The Morgan fingerprint density at radius 1 is 1.33 bits per heavy atom. The maximum atomic E-state index is 6.00. The van der Waals surface area contributed by atoms with Crippen molar-refractivity contribution in [3.05, 3.63) is 40.0 Å². The van der Waals surface area contributed by atoms with E-state index in [9.17, 15) is 0 Å². The van der Waals surface area contributed by atoms with Crippen LogP contribution in [0.3, 0.4) is 0 Å². The Labute approximate surface area is 96.6 Å². The normalized spacial score (nSPS) is 10.5. The fraction of sp³-hybridized carbons (Fsp3) is 0.111. The molecule has 0 aliphatic carbocycles. The number of halogens is 2.